The topological polar surface area (TPSA) is 67.3 Å². The molecule has 7 nitrogen and oxygen atoms in total. The first-order valence-corrected chi connectivity index (χ1v) is 13.4. The van der Waals surface area contributed by atoms with Crippen LogP contribution in [-0.2, 0) is 6.54 Å². The van der Waals surface area contributed by atoms with E-state index in [4.69, 9.17) is 0 Å². The molecule has 1 aliphatic heterocycles. The summed E-state index contributed by atoms with van der Waals surface area (Å²) in [5.74, 6) is 0.0395. The number of carbonyl (C=O) groups is 2. The van der Waals surface area contributed by atoms with Gasteiger partial charge in [-0.15, -0.1) is 0 Å². The standard InChI is InChI=1S/C31H38N4O3/c1-4-34(5-2)30(36)26-16-14-25(15-17-26)29(27-12-9-13-28(22-27)32(3)31(37)38)35-20-18-33(19-21-35)23-24-10-7-6-8-11-24/h6-17,22,29H,4-5,18-21,23H2,1-3H3,(H,37,38). The maximum absolute atomic E-state index is 12.9. The predicted molar refractivity (Wildman–Crippen MR) is 152 cm³/mol. The maximum atomic E-state index is 12.9. The van der Waals surface area contributed by atoms with Gasteiger partial charge in [0.1, 0.15) is 0 Å². The Morgan fingerprint density at radius 2 is 1.50 bits per heavy atom. The number of rotatable bonds is 9. The van der Waals surface area contributed by atoms with E-state index in [0.717, 1.165) is 43.9 Å². The van der Waals surface area contributed by atoms with Crippen molar-refractivity contribution in [1.82, 2.24) is 14.7 Å². The van der Waals surface area contributed by atoms with E-state index in [1.807, 2.05) is 67.3 Å². The molecule has 1 N–H and O–H groups in total. The van der Waals surface area contributed by atoms with Crippen molar-refractivity contribution in [3.05, 3.63) is 101 Å². The lowest BCUT2D eigenvalue weighted by Crippen LogP contribution is -2.47. The monoisotopic (exact) mass is 514 g/mol. The van der Waals surface area contributed by atoms with E-state index in [9.17, 15) is 14.7 Å². The second-order valence-electron chi connectivity index (χ2n) is 9.74. The van der Waals surface area contributed by atoms with Crippen LogP contribution in [-0.4, -0.2) is 78.1 Å². The highest BCUT2D eigenvalue weighted by Gasteiger charge is 2.27. The summed E-state index contributed by atoms with van der Waals surface area (Å²) in [6.45, 7) is 9.92. The molecule has 200 valence electrons. The van der Waals surface area contributed by atoms with Gasteiger partial charge in [0, 0.05) is 64.1 Å². The number of hydrogen-bond donors (Lipinski definition) is 1. The van der Waals surface area contributed by atoms with E-state index in [-0.39, 0.29) is 11.9 Å². The summed E-state index contributed by atoms with van der Waals surface area (Å²) in [6, 6.07) is 26.2. The van der Waals surface area contributed by atoms with Crippen LogP contribution in [0.15, 0.2) is 78.9 Å². The van der Waals surface area contributed by atoms with Crippen molar-refractivity contribution < 1.29 is 14.7 Å². The van der Waals surface area contributed by atoms with Crippen LogP contribution in [0.2, 0.25) is 0 Å². The van der Waals surface area contributed by atoms with Gasteiger partial charge < -0.3 is 10.0 Å². The third kappa shape index (κ3) is 6.41. The quantitative estimate of drug-likeness (QED) is 0.426. The van der Waals surface area contributed by atoms with Crippen LogP contribution in [0.1, 0.15) is 46.9 Å². The molecule has 3 aromatic rings. The number of amides is 2. The Morgan fingerprint density at radius 1 is 0.842 bits per heavy atom. The summed E-state index contributed by atoms with van der Waals surface area (Å²) >= 11 is 0. The minimum absolute atomic E-state index is 0.0395. The highest BCUT2D eigenvalue weighted by atomic mass is 16.4. The molecule has 0 bridgehead atoms. The van der Waals surface area contributed by atoms with Gasteiger partial charge in [0.2, 0.25) is 0 Å². The van der Waals surface area contributed by atoms with Crippen molar-refractivity contribution in [3.63, 3.8) is 0 Å². The zero-order chi connectivity index (χ0) is 27.1. The van der Waals surface area contributed by atoms with Crippen LogP contribution in [0.3, 0.4) is 0 Å². The molecule has 0 spiro atoms. The SMILES string of the molecule is CCN(CC)C(=O)c1ccc(C(c2cccc(N(C)C(=O)O)c2)N2CCN(Cc3ccccc3)CC2)cc1. The van der Waals surface area contributed by atoms with Gasteiger partial charge in [-0.05, 0) is 54.8 Å². The summed E-state index contributed by atoms with van der Waals surface area (Å²) in [6.07, 6.45) is -0.993. The van der Waals surface area contributed by atoms with Crippen LogP contribution in [0.4, 0.5) is 10.5 Å². The minimum Gasteiger partial charge on any atom is -0.465 e. The number of hydrogen-bond acceptors (Lipinski definition) is 4. The molecule has 2 amide bonds. The average Bonchev–Trinajstić information content (AvgIpc) is 2.95. The fraction of sp³-hybridized carbons (Fsp3) is 0.355. The molecule has 38 heavy (non-hydrogen) atoms. The van der Waals surface area contributed by atoms with Crippen molar-refractivity contribution in [2.24, 2.45) is 0 Å². The molecule has 3 aromatic carbocycles. The second kappa shape index (κ2) is 12.7. The van der Waals surface area contributed by atoms with E-state index in [0.29, 0.717) is 24.3 Å². The van der Waals surface area contributed by atoms with Gasteiger partial charge >= 0.3 is 6.09 Å². The summed E-state index contributed by atoms with van der Waals surface area (Å²) in [7, 11) is 1.56. The van der Waals surface area contributed by atoms with Gasteiger partial charge in [-0.25, -0.2) is 4.79 Å². The van der Waals surface area contributed by atoms with Gasteiger partial charge in [0.05, 0.1) is 6.04 Å². The lowest BCUT2D eigenvalue weighted by molar-refractivity contribution is 0.0772. The van der Waals surface area contributed by atoms with E-state index in [1.165, 1.54) is 10.5 Å². The molecule has 0 aliphatic carbocycles. The van der Waals surface area contributed by atoms with Gasteiger partial charge in [-0.1, -0.05) is 54.6 Å². The smallest absolute Gasteiger partial charge is 0.411 e. The molecule has 1 atom stereocenters. The highest BCUT2D eigenvalue weighted by Crippen LogP contribution is 2.32. The molecular weight excluding hydrogens is 476 g/mol. The number of anilines is 1. The van der Waals surface area contributed by atoms with Gasteiger partial charge in [0.25, 0.3) is 5.91 Å². The maximum Gasteiger partial charge on any atom is 0.411 e. The third-order valence-electron chi connectivity index (χ3n) is 7.41. The summed E-state index contributed by atoms with van der Waals surface area (Å²) in [4.78, 5) is 32.5. The van der Waals surface area contributed by atoms with Crippen LogP contribution in [0.5, 0.6) is 0 Å². The zero-order valence-electron chi connectivity index (χ0n) is 22.6. The van der Waals surface area contributed by atoms with E-state index in [1.54, 1.807) is 7.05 Å². The molecule has 1 aliphatic rings. The minimum atomic E-state index is -0.993. The highest BCUT2D eigenvalue weighted by molar-refractivity contribution is 5.94. The van der Waals surface area contributed by atoms with Crippen molar-refractivity contribution in [2.45, 2.75) is 26.4 Å². The molecular formula is C31H38N4O3. The Bertz CT molecular complexity index is 1200. The first-order valence-electron chi connectivity index (χ1n) is 13.4. The molecule has 4 rings (SSSR count). The molecule has 1 saturated heterocycles. The molecule has 1 unspecified atom stereocenters. The number of carbonyl (C=O) groups excluding carboxylic acids is 1. The van der Waals surface area contributed by atoms with Crippen LogP contribution < -0.4 is 4.90 Å². The normalized spacial score (nSPS) is 15.1. The third-order valence-corrected chi connectivity index (χ3v) is 7.41. The average molecular weight is 515 g/mol. The van der Waals surface area contributed by atoms with Crippen molar-refractivity contribution >= 4 is 17.7 Å². The lowest BCUT2D eigenvalue weighted by atomic mass is 9.94. The number of benzene rings is 3. The zero-order valence-corrected chi connectivity index (χ0v) is 22.6. The van der Waals surface area contributed by atoms with Crippen LogP contribution in [0, 0.1) is 0 Å². The van der Waals surface area contributed by atoms with Crippen LogP contribution in [0.25, 0.3) is 0 Å². The van der Waals surface area contributed by atoms with Crippen molar-refractivity contribution in [1.29, 1.82) is 0 Å². The van der Waals surface area contributed by atoms with Gasteiger partial charge in [-0.3, -0.25) is 19.5 Å². The number of nitrogens with zero attached hydrogens (tertiary/aromatic N) is 4. The summed E-state index contributed by atoms with van der Waals surface area (Å²) < 4.78 is 0. The number of piperazine rings is 1. The van der Waals surface area contributed by atoms with E-state index in [2.05, 4.69) is 40.1 Å². The van der Waals surface area contributed by atoms with Crippen LogP contribution >= 0.6 is 0 Å². The Morgan fingerprint density at radius 3 is 2.11 bits per heavy atom. The summed E-state index contributed by atoms with van der Waals surface area (Å²) in [5, 5.41) is 9.52. The Kier molecular flexibility index (Phi) is 9.15. The largest absolute Gasteiger partial charge is 0.465 e. The number of carboxylic acid groups (broad SMARTS) is 1. The first kappa shape index (κ1) is 27.4. The molecule has 1 fully saturated rings. The Balaban J connectivity index is 1.60. The Hall–Kier alpha value is -3.68. The fourth-order valence-corrected chi connectivity index (χ4v) is 5.15. The van der Waals surface area contributed by atoms with E-state index >= 15 is 0 Å². The fourth-order valence-electron chi connectivity index (χ4n) is 5.15. The molecule has 0 saturated carbocycles. The molecule has 1 heterocycles. The Labute approximate surface area is 225 Å². The van der Waals surface area contributed by atoms with Gasteiger partial charge in [-0.2, -0.15) is 0 Å². The van der Waals surface area contributed by atoms with E-state index < -0.39 is 6.09 Å². The second-order valence-corrected chi connectivity index (χ2v) is 9.74. The summed E-state index contributed by atoms with van der Waals surface area (Å²) in [5.41, 5.74) is 4.76. The first-order chi connectivity index (χ1) is 18.4. The predicted octanol–water partition coefficient (Wildman–Crippen LogP) is 5.19. The molecule has 0 aromatic heterocycles. The van der Waals surface area contributed by atoms with Crippen molar-refractivity contribution in [3.8, 4) is 0 Å². The molecule has 7 heteroatoms. The van der Waals surface area contributed by atoms with Gasteiger partial charge in [0.15, 0.2) is 0 Å². The van der Waals surface area contributed by atoms with Crippen molar-refractivity contribution in [2.75, 3.05) is 51.2 Å². The lowest BCUT2D eigenvalue weighted by Gasteiger charge is -2.40. The molecule has 0 radical (unpaired) electrons.